The Hall–Kier alpha value is -0.0500. The zero-order chi connectivity index (χ0) is 6.12. The van der Waals surface area contributed by atoms with Crippen LogP contribution >= 0.6 is 11.6 Å². The predicted molar refractivity (Wildman–Crippen MR) is 34.2 cm³/mol. The van der Waals surface area contributed by atoms with Crippen LogP contribution in [0.3, 0.4) is 0 Å². The zero-order valence-corrected chi connectivity index (χ0v) is 4.99. The van der Waals surface area contributed by atoms with Gasteiger partial charge in [0.25, 0.3) is 0 Å². The molecule has 2 nitrogen and oxygen atoms in total. The summed E-state index contributed by atoms with van der Waals surface area (Å²) in [6.45, 7) is 4.32. The van der Waals surface area contributed by atoms with E-state index in [1.54, 1.807) is 0 Å². The third-order valence-corrected chi connectivity index (χ3v) is 0.167. The van der Waals surface area contributed by atoms with Gasteiger partial charge < -0.3 is 11.5 Å². The second-order valence-corrected chi connectivity index (χ2v) is 1.04. The third-order valence-electron chi connectivity index (χ3n) is 0.167. The van der Waals surface area contributed by atoms with Crippen molar-refractivity contribution in [1.82, 2.24) is 0 Å². The van der Waals surface area contributed by atoms with Gasteiger partial charge in [0.1, 0.15) is 0 Å². The molecule has 0 aliphatic heterocycles. The topological polar surface area (TPSA) is 52.0 Å². The number of rotatable bonds is 1. The Bertz CT molecular complexity index is 28.9. The second-order valence-electron chi connectivity index (χ2n) is 0.732. The van der Waals surface area contributed by atoms with Crippen LogP contribution in [0, 0.1) is 0 Å². The lowest BCUT2D eigenvalue weighted by atomic mass is 10.7. The van der Waals surface area contributed by atoms with Crippen molar-refractivity contribution in [2.24, 2.45) is 11.5 Å². The highest BCUT2D eigenvalue weighted by atomic mass is 35.5. The van der Waals surface area contributed by atoms with Gasteiger partial charge in [-0.15, -0.1) is 0 Å². The SMILES string of the molecule is C=CCl.NCCN. The van der Waals surface area contributed by atoms with Crippen LogP contribution < -0.4 is 11.5 Å². The molecule has 0 atom stereocenters. The predicted octanol–water partition coefficient (Wildman–Crippen LogP) is 0.273. The van der Waals surface area contributed by atoms with Gasteiger partial charge in [-0.1, -0.05) is 18.2 Å². The molecule has 0 aromatic heterocycles. The summed E-state index contributed by atoms with van der Waals surface area (Å²) in [4.78, 5) is 0. The molecule has 4 N–H and O–H groups in total. The molecule has 0 heterocycles. The highest BCUT2D eigenvalue weighted by Gasteiger charge is 1.54. The van der Waals surface area contributed by atoms with E-state index in [-0.39, 0.29) is 0 Å². The monoisotopic (exact) mass is 122 g/mol. The molecule has 0 aromatic carbocycles. The van der Waals surface area contributed by atoms with Crippen molar-refractivity contribution >= 4 is 11.6 Å². The van der Waals surface area contributed by atoms with Crippen molar-refractivity contribution in [3.05, 3.63) is 12.1 Å². The van der Waals surface area contributed by atoms with Crippen LogP contribution in [0.15, 0.2) is 12.1 Å². The van der Waals surface area contributed by atoms with Crippen molar-refractivity contribution in [3.8, 4) is 0 Å². The average molecular weight is 123 g/mol. The minimum Gasteiger partial charge on any atom is -0.329 e. The lowest BCUT2D eigenvalue weighted by Crippen LogP contribution is -2.11. The van der Waals surface area contributed by atoms with Crippen LogP contribution in [0.1, 0.15) is 0 Å². The summed E-state index contributed by atoms with van der Waals surface area (Å²) in [5, 5.41) is 0. The first kappa shape index (κ1) is 10.0. The molecule has 3 heteroatoms. The van der Waals surface area contributed by atoms with Gasteiger partial charge in [-0.25, -0.2) is 0 Å². The molecular weight excluding hydrogens is 112 g/mol. The van der Waals surface area contributed by atoms with E-state index >= 15 is 0 Å². The fourth-order valence-electron chi connectivity index (χ4n) is 0. The summed E-state index contributed by atoms with van der Waals surface area (Å²) in [7, 11) is 0. The first-order valence-corrected chi connectivity index (χ1v) is 2.38. The molecule has 7 heavy (non-hydrogen) atoms. The lowest BCUT2D eigenvalue weighted by Gasteiger charge is -1.72. The number of hydrogen-bond acceptors (Lipinski definition) is 2. The average Bonchev–Trinajstić information content (AvgIpc) is 1.69. The highest BCUT2D eigenvalue weighted by Crippen LogP contribution is 1.60. The fraction of sp³-hybridized carbons (Fsp3) is 0.500. The normalized spacial score (nSPS) is 6.14. The van der Waals surface area contributed by atoms with E-state index < -0.39 is 0 Å². The molecule has 0 aliphatic carbocycles. The van der Waals surface area contributed by atoms with Gasteiger partial charge in [0, 0.05) is 13.1 Å². The molecule has 0 aliphatic rings. The smallest absolute Gasteiger partial charge is 0.00461 e. The van der Waals surface area contributed by atoms with Gasteiger partial charge >= 0.3 is 0 Å². The summed E-state index contributed by atoms with van der Waals surface area (Å²) in [5.41, 5.74) is 11.0. The first-order chi connectivity index (χ1) is 3.33. The Morgan fingerprint density at radius 1 is 1.43 bits per heavy atom. The van der Waals surface area contributed by atoms with E-state index in [2.05, 4.69) is 6.58 Å². The van der Waals surface area contributed by atoms with Gasteiger partial charge in [0.15, 0.2) is 0 Å². The molecule has 0 rings (SSSR count). The van der Waals surface area contributed by atoms with Crippen molar-refractivity contribution in [3.63, 3.8) is 0 Å². The second kappa shape index (κ2) is 16.8. The largest absolute Gasteiger partial charge is 0.329 e. The summed E-state index contributed by atoms with van der Waals surface area (Å²) in [5.74, 6) is 0. The molecule has 0 amide bonds. The molecule has 0 bridgehead atoms. The molecule has 44 valence electrons. The van der Waals surface area contributed by atoms with E-state index in [0.29, 0.717) is 13.1 Å². The van der Waals surface area contributed by atoms with Crippen LogP contribution in [-0.2, 0) is 0 Å². The minimum atomic E-state index is 0.597. The van der Waals surface area contributed by atoms with Crippen LogP contribution in [0.5, 0.6) is 0 Å². The highest BCUT2D eigenvalue weighted by molar-refractivity contribution is 6.25. The molecular formula is C4H11ClN2. The number of halogens is 1. The van der Waals surface area contributed by atoms with Gasteiger partial charge in [0.05, 0.1) is 0 Å². The van der Waals surface area contributed by atoms with Crippen molar-refractivity contribution in [2.75, 3.05) is 13.1 Å². The van der Waals surface area contributed by atoms with E-state index in [1.165, 1.54) is 5.54 Å². The molecule has 0 unspecified atom stereocenters. The van der Waals surface area contributed by atoms with Crippen LogP contribution in [0.25, 0.3) is 0 Å². The van der Waals surface area contributed by atoms with Crippen molar-refractivity contribution in [1.29, 1.82) is 0 Å². The van der Waals surface area contributed by atoms with E-state index in [1.807, 2.05) is 0 Å². The van der Waals surface area contributed by atoms with Crippen LogP contribution in [0.4, 0.5) is 0 Å². The van der Waals surface area contributed by atoms with E-state index in [4.69, 9.17) is 23.1 Å². The Morgan fingerprint density at radius 3 is 1.57 bits per heavy atom. The Labute approximate surface area is 49.1 Å². The fourth-order valence-corrected chi connectivity index (χ4v) is 0. The summed E-state index contributed by atoms with van der Waals surface area (Å²) < 4.78 is 0. The first-order valence-electron chi connectivity index (χ1n) is 1.94. The Balaban J connectivity index is 0. The number of hydrogen-bond donors (Lipinski definition) is 2. The maximum atomic E-state index is 4.90. The van der Waals surface area contributed by atoms with Crippen LogP contribution in [-0.4, -0.2) is 13.1 Å². The molecule has 0 saturated heterocycles. The summed E-state index contributed by atoms with van der Waals surface area (Å²) in [6.07, 6.45) is 0. The lowest BCUT2D eigenvalue weighted by molar-refractivity contribution is 0.976. The summed E-state index contributed by atoms with van der Waals surface area (Å²) >= 11 is 4.76. The van der Waals surface area contributed by atoms with Gasteiger partial charge in [-0.3, -0.25) is 0 Å². The molecule has 0 fully saturated rings. The zero-order valence-electron chi connectivity index (χ0n) is 4.23. The minimum absolute atomic E-state index is 0.597. The third kappa shape index (κ3) is 103. The standard InChI is InChI=1S/C2H3Cl.C2H8N2/c1-2-3;3-1-2-4/h2H,1H2;1-4H2. The quantitative estimate of drug-likeness (QED) is 0.525. The molecule has 0 spiro atoms. The number of nitrogens with two attached hydrogens (primary N) is 2. The Morgan fingerprint density at radius 2 is 1.57 bits per heavy atom. The van der Waals surface area contributed by atoms with Gasteiger partial charge in [0.2, 0.25) is 0 Å². The van der Waals surface area contributed by atoms with Crippen LogP contribution in [0.2, 0.25) is 0 Å². The Kier molecular flexibility index (Phi) is 24.0. The molecule has 0 radical (unpaired) electrons. The molecule has 0 aromatic rings. The maximum absolute atomic E-state index is 4.90. The van der Waals surface area contributed by atoms with E-state index in [0.717, 1.165) is 0 Å². The van der Waals surface area contributed by atoms with Crippen molar-refractivity contribution < 1.29 is 0 Å². The van der Waals surface area contributed by atoms with Gasteiger partial charge in [-0.2, -0.15) is 0 Å². The summed E-state index contributed by atoms with van der Waals surface area (Å²) in [6, 6.07) is 0. The van der Waals surface area contributed by atoms with Gasteiger partial charge in [-0.05, 0) is 5.54 Å². The maximum Gasteiger partial charge on any atom is 0.00461 e. The van der Waals surface area contributed by atoms with E-state index in [9.17, 15) is 0 Å². The van der Waals surface area contributed by atoms with Crippen molar-refractivity contribution in [2.45, 2.75) is 0 Å². The molecule has 0 saturated carbocycles.